The predicted molar refractivity (Wildman–Crippen MR) is 104 cm³/mol. The van der Waals surface area contributed by atoms with Crippen molar-refractivity contribution in [3.8, 4) is 0 Å². The van der Waals surface area contributed by atoms with Crippen molar-refractivity contribution in [3.63, 3.8) is 0 Å². The highest BCUT2D eigenvalue weighted by molar-refractivity contribution is 6.35. The molecule has 1 aromatic rings. The topological polar surface area (TPSA) is 32.3 Å². The molecule has 1 saturated heterocycles. The summed E-state index contributed by atoms with van der Waals surface area (Å²) in [7, 11) is 0. The zero-order valence-electron chi connectivity index (χ0n) is 14.8. The van der Waals surface area contributed by atoms with Gasteiger partial charge in [0.15, 0.2) is 0 Å². The Kier molecular flexibility index (Phi) is 7.03. The second-order valence-corrected chi connectivity index (χ2v) is 8.35. The van der Waals surface area contributed by atoms with E-state index in [4.69, 9.17) is 23.2 Å². The minimum absolute atomic E-state index is 0.100. The lowest BCUT2D eigenvalue weighted by Gasteiger charge is -2.33. The van der Waals surface area contributed by atoms with Crippen molar-refractivity contribution < 1.29 is 4.79 Å². The van der Waals surface area contributed by atoms with Crippen LogP contribution in [0, 0.1) is 5.92 Å². The maximum atomic E-state index is 12.7. The average molecular weight is 383 g/mol. The molecule has 0 aromatic heterocycles. The summed E-state index contributed by atoms with van der Waals surface area (Å²) in [6.45, 7) is 2.62. The fourth-order valence-electron chi connectivity index (χ4n) is 4.05. The van der Waals surface area contributed by atoms with E-state index in [1.165, 1.54) is 25.7 Å². The van der Waals surface area contributed by atoms with Crippen LogP contribution in [0.3, 0.4) is 0 Å². The number of carbonyl (C=O) groups excluding carboxylic acids is 1. The van der Waals surface area contributed by atoms with Crippen LogP contribution in [0.1, 0.15) is 56.9 Å². The molecule has 1 aromatic carbocycles. The normalized spacial score (nSPS) is 23.2. The van der Waals surface area contributed by atoms with Gasteiger partial charge in [-0.1, -0.05) is 55.0 Å². The first-order valence-electron chi connectivity index (χ1n) is 9.58. The Balaban J connectivity index is 1.54. The summed E-state index contributed by atoms with van der Waals surface area (Å²) in [6.07, 6.45) is 9.45. The smallest absolute Gasteiger partial charge is 0.224 e. The zero-order chi connectivity index (χ0) is 17.6. The molecule has 3 rings (SSSR count). The number of hydrogen-bond acceptors (Lipinski definition) is 2. The van der Waals surface area contributed by atoms with Crippen molar-refractivity contribution in [2.45, 2.75) is 64.0 Å². The molecule has 138 valence electrons. The molecule has 3 nitrogen and oxygen atoms in total. The molecule has 1 atom stereocenters. The number of nitrogens with zero attached hydrogens (tertiary/aromatic N) is 1. The molecule has 2 aliphatic rings. The van der Waals surface area contributed by atoms with E-state index in [1.54, 1.807) is 6.07 Å². The number of amides is 1. The van der Waals surface area contributed by atoms with Crippen LogP contribution in [0.25, 0.3) is 0 Å². The Morgan fingerprint density at radius 3 is 2.56 bits per heavy atom. The number of rotatable bonds is 4. The van der Waals surface area contributed by atoms with Gasteiger partial charge in [-0.05, 0) is 49.9 Å². The highest BCUT2D eigenvalue weighted by atomic mass is 35.5. The van der Waals surface area contributed by atoms with Gasteiger partial charge in [-0.3, -0.25) is 9.69 Å². The van der Waals surface area contributed by atoms with E-state index >= 15 is 0 Å². The third-order valence-corrected chi connectivity index (χ3v) is 6.07. The molecular formula is C20H28Cl2N2O. The van der Waals surface area contributed by atoms with Gasteiger partial charge in [0.1, 0.15) is 0 Å². The number of benzene rings is 1. The quantitative estimate of drug-likeness (QED) is 0.739. The van der Waals surface area contributed by atoms with Crippen molar-refractivity contribution >= 4 is 29.1 Å². The van der Waals surface area contributed by atoms with Crippen LogP contribution in [-0.2, 0) is 11.3 Å². The molecular weight excluding hydrogens is 355 g/mol. The number of piperidine rings is 1. The van der Waals surface area contributed by atoms with Gasteiger partial charge < -0.3 is 5.32 Å². The number of hydrogen-bond donors (Lipinski definition) is 1. The van der Waals surface area contributed by atoms with Gasteiger partial charge in [0, 0.05) is 29.2 Å². The highest BCUT2D eigenvalue weighted by Gasteiger charge is 2.27. The van der Waals surface area contributed by atoms with E-state index in [1.807, 2.05) is 12.1 Å². The van der Waals surface area contributed by atoms with Crippen LogP contribution in [0.2, 0.25) is 10.0 Å². The van der Waals surface area contributed by atoms with Crippen molar-refractivity contribution in [1.29, 1.82) is 0 Å². The van der Waals surface area contributed by atoms with Crippen molar-refractivity contribution in [2.24, 2.45) is 5.92 Å². The molecule has 1 N–H and O–H groups in total. The number of carbonyl (C=O) groups is 1. The number of halogens is 2. The Hall–Kier alpha value is -0.770. The second kappa shape index (κ2) is 9.25. The van der Waals surface area contributed by atoms with Crippen molar-refractivity contribution in [1.82, 2.24) is 10.2 Å². The average Bonchev–Trinajstić information content (AvgIpc) is 2.86. The summed E-state index contributed by atoms with van der Waals surface area (Å²) in [5.74, 6) is 0.349. The minimum Gasteiger partial charge on any atom is -0.353 e. The summed E-state index contributed by atoms with van der Waals surface area (Å²) in [4.78, 5) is 15.1. The van der Waals surface area contributed by atoms with Crippen LogP contribution in [0.5, 0.6) is 0 Å². The fourth-order valence-corrected chi connectivity index (χ4v) is 4.51. The predicted octanol–water partition coefficient (Wildman–Crippen LogP) is 5.04. The molecule has 1 unspecified atom stereocenters. The molecule has 2 fully saturated rings. The molecule has 1 aliphatic carbocycles. The molecule has 0 spiro atoms. The molecule has 1 amide bonds. The Bertz CT molecular complexity index is 585. The van der Waals surface area contributed by atoms with Crippen LogP contribution in [0.4, 0.5) is 0 Å². The van der Waals surface area contributed by atoms with E-state index in [9.17, 15) is 4.79 Å². The standard InChI is InChI=1S/C20H28Cl2N2O/c21-17-10-9-15(19(22)12-17)13-24-11-5-6-16(14-24)20(25)23-18-7-3-1-2-4-8-18/h9-10,12,16,18H,1-8,11,13-14H2,(H,23,25). The Morgan fingerprint density at radius 1 is 1.08 bits per heavy atom. The summed E-state index contributed by atoms with van der Waals surface area (Å²) in [5.41, 5.74) is 1.08. The summed E-state index contributed by atoms with van der Waals surface area (Å²) in [5, 5.41) is 4.69. The first-order valence-corrected chi connectivity index (χ1v) is 10.3. The molecule has 0 bridgehead atoms. The van der Waals surface area contributed by atoms with Crippen molar-refractivity contribution in [3.05, 3.63) is 33.8 Å². The number of nitrogens with one attached hydrogen (secondary N) is 1. The molecule has 0 radical (unpaired) electrons. The lowest BCUT2D eigenvalue weighted by atomic mass is 9.95. The van der Waals surface area contributed by atoms with Gasteiger partial charge in [-0.25, -0.2) is 0 Å². The third-order valence-electron chi connectivity index (χ3n) is 5.49. The van der Waals surface area contributed by atoms with Crippen LogP contribution in [-0.4, -0.2) is 29.9 Å². The van der Waals surface area contributed by atoms with Gasteiger partial charge in [0.05, 0.1) is 5.92 Å². The second-order valence-electron chi connectivity index (χ2n) is 7.51. The molecule has 5 heteroatoms. The van der Waals surface area contributed by atoms with Gasteiger partial charge >= 0.3 is 0 Å². The Morgan fingerprint density at radius 2 is 1.84 bits per heavy atom. The molecule has 1 heterocycles. The largest absolute Gasteiger partial charge is 0.353 e. The third kappa shape index (κ3) is 5.60. The van der Waals surface area contributed by atoms with E-state index in [-0.39, 0.29) is 11.8 Å². The summed E-state index contributed by atoms with van der Waals surface area (Å²) in [6, 6.07) is 6.04. The maximum absolute atomic E-state index is 12.7. The van der Waals surface area contributed by atoms with Gasteiger partial charge in [-0.15, -0.1) is 0 Å². The lowest BCUT2D eigenvalue weighted by Crippen LogP contribution is -2.45. The van der Waals surface area contributed by atoms with E-state index < -0.39 is 0 Å². The van der Waals surface area contributed by atoms with Crippen LogP contribution in [0.15, 0.2) is 18.2 Å². The monoisotopic (exact) mass is 382 g/mol. The molecule has 1 aliphatic heterocycles. The van der Waals surface area contributed by atoms with E-state index in [0.717, 1.165) is 50.9 Å². The summed E-state index contributed by atoms with van der Waals surface area (Å²) >= 11 is 12.3. The SMILES string of the molecule is O=C(NC1CCCCCC1)C1CCCN(Cc2ccc(Cl)cc2Cl)C1. The molecule has 1 saturated carbocycles. The molecule has 25 heavy (non-hydrogen) atoms. The lowest BCUT2D eigenvalue weighted by molar-refractivity contribution is -0.127. The fraction of sp³-hybridized carbons (Fsp3) is 0.650. The first-order chi connectivity index (χ1) is 12.1. The van der Waals surface area contributed by atoms with Gasteiger partial charge in [0.2, 0.25) is 5.91 Å². The summed E-state index contributed by atoms with van der Waals surface area (Å²) < 4.78 is 0. The van der Waals surface area contributed by atoms with E-state index in [2.05, 4.69) is 10.2 Å². The van der Waals surface area contributed by atoms with E-state index in [0.29, 0.717) is 16.1 Å². The Labute approximate surface area is 161 Å². The van der Waals surface area contributed by atoms with Crippen molar-refractivity contribution in [2.75, 3.05) is 13.1 Å². The number of likely N-dealkylation sites (tertiary alicyclic amines) is 1. The first kappa shape index (κ1) is 19.0. The van der Waals surface area contributed by atoms with Crippen LogP contribution < -0.4 is 5.32 Å². The zero-order valence-corrected chi connectivity index (χ0v) is 16.3. The highest BCUT2D eigenvalue weighted by Crippen LogP contribution is 2.25. The maximum Gasteiger partial charge on any atom is 0.224 e. The van der Waals surface area contributed by atoms with Crippen LogP contribution >= 0.6 is 23.2 Å². The van der Waals surface area contributed by atoms with Gasteiger partial charge in [-0.2, -0.15) is 0 Å². The minimum atomic E-state index is 0.100. The van der Waals surface area contributed by atoms with Gasteiger partial charge in [0.25, 0.3) is 0 Å².